The van der Waals surface area contributed by atoms with E-state index < -0.39 is 10.0 Å². The molecule has 7 heteroatoms. The van der Waals surface area contributed by atoms with Crippen LogP contribution in [0.5, 0.6) is 0 Å². The number of carbonyl (C=O) groups is 1. The molecule has 2 aromatic rings. The van der Waals surface area contributed by atoms with Crippen molar-refractivity contribution in [3.05, 3.63) is 42.5 Å². The number of sulfonamides is 1. The van der Waals surface area contributed by atoms with Gasteiger partial charge in [-0.1, -0.05) is 37.3 Å². The van der Waals surface area contributed by atoms with Crippen LogP contribution in [0, 0.1) is 11.8 Å². The highest BCUT2D eigenvalue weighted by Gasteiger charge is 2.32. The molecule has 1 aliphatic rings. The van der Waals surface area contributed by atoms with E-state index in [0.717, 1.165) is 17.3 Å². The van der Waals surface area contributed by atoms with Crippen molar-refractivity contribution in [2.75, 3.05) is 40.3 Å². The molecule has 3 rings (SSSR count). The Balaban J connectivity index is 1.58. The maximum atomic E-state index is 13.0. The molecule has 29 heavy (non-hydrogen) atoms. The Labute approximate surface area is 173 Å². The average molecular weight is 419 g/mol. The number of hydrogen-bond acceptors (Lipinski definition) is 3. The molecule has 0 radical (unpaired) electrons. The van der Waals surface area contributed by atoms with E-state index >= 15 is 0 Å². The number of piperidine rings is 1. The first-order valence-electron chi connectivity index (χ1n) is 10.3. The highest BCUT2D eigenvalue weighted by Crippen LogP contribution is 2.26. The normalized spacial score (nSPS) is 17.5. The average Bonchev–Trinajstić information content (AvgIpc) is 2.71. The lowest BCUT2D eigenvalue weighted by Gasteiger charge is -2.30. The SMILES string of the molecule is C[C@H](CNC(=O)C1CCN(S(=O)(=O)c2ccc3ccccc3c2)CC1)C[NH+](C)C. The molecule has 0 unspecified atom stereocenters. The first-order valence-corrected chi connectivity index (χ1v) is 11.8. The molecule has 1 heterocycles. The minimum Gasteiger partial charge on any atom is -0.355 e. The smallest absolute Gasteiger partial charge is 0.243 e. The summed E-state index contributed by atoms with van der Waals surface area (Å²) in [4.78, 5) is 14.2. The van der Waals surface area contributed by atoms with Crippen LogP contribution < -0.4 is 10.2 Å². The van der Waals surface area contributed by atoms with Gasteiger partial charge in [-0.3, -0.25) is 4.79 Å². The van der Waals surface area contributed by atoms with Crippen LogP contribution in [-0.4, -0.2) is 58.9 Å². The van der Waals surface area contributed by atoms with Crippen LogP contribution in [0.1, 0.15) is 19.8 Å². The van der Waals surface area contributed by atoms with Crippen LogP contribution in [0.15, 0.2) is 47.4 Å². The van der Waals surface area contributed by atoms with Crippen LogP contribution in [0.3, 0.4) is 0 Å². The Kier molecular flexibility index (Phi) is 6.93. The largest absolute Gasteiger partial charge is 0.355 e. The predicted molar refractivity (Wildman–Crippen MR) is 115 cm³/mol. The van der Waals surface area contributed by atoms with E-state index in [1.807, 2.05) is 30.3 Å². The number of benzene rings is 2. The van der Waals surface area contributed by atoms with Crippen molar-refractivity contribution in [2.45, 2.75) is 24.7 Å². The molecule has 2 N–H and O–H groups in total. The third kappa shape index (κ3) is 5.35. The fourth-order valence-electron chi connectivity index (χ4n) is 4.02. The Morgan fingerprint density at radius 2 is 1.79 bits per heavy atom. The molecule has 2 aromatic carbocycles. The quantitative estimate of drug-likeness (QED) is 0.708. The fourth-order valence-corrected chi connectivity index (χ4v) is 5.53. The van der Waals surface area contributed by atoms with Crippen LogP contribution in [0.4, 0.5) is 0 Å². The van der Waals surface area contributed by atoms with Gasteiger partial charge in [0.2, 0.25) is 15.9 Å². The molecule has 1 saturated heterocycles. The van der Waals surface area contributed by atoms with E-state index in [1.54, 1.807) is 12.1 Å². The van der Waals surface area contributed by atoms with Crippen LogP contribution in [0.2, 0.25) is 0 Å². The Hall–Kier alpha value is -1.96. The van der Waals surface area contributed by atoms with Crippen molar-refractivity contribution >= 4 is 26.7 Å². The van der Waals surface area contributed by atoms with Gasteiger partial charge in [0.15, 0.2) is 0 Å². The first kappa shape index (κ1) is 21.7. The van der Waals surface area contributed by atoms with Gasteiger partial charge in [-0.15, -0.1) is 0 Å². The minimum absolute atomic E-state index is 0.0494. The van der Waals surface area contributed by atoms with Gasteiger partial charge >= 0.3 is 0 Å². The second-order valence-electron chi connectivity index (χ2n) is 8.45. The number of carbonyl (C=O) groups excluding carboxylic acids is 1. The summed E-state index contributed by atoms with van der Waals surface area (Å²) in [6.45, 7) is 4.56. The molecular weight excluding hydrogens is 386 g/mol. The van der Waals surface area contributed by atoms with Crippen molar-refractivity contribution in [2.24, 2.45) is 11.8 Å². The summed E-state index contributed by atoms with van der Waals surface area (Å²) in [5.41, 5.74) is 0. The van der Waals surface area contributed by atoms with Gasteiger partial charge in [0, 0.05) is 31.5 Å². The number of nitrogens with one attached hydrogen (secondary N) is 2. The summed E-state index contributed by atoms with van der Waals surface area (Å²) in [6, 6.07) is 13.0. The summed E-state index contributed by atoms with van der Waals surface area (Å²) < 4.78 is 27.6. The highest BCUT2D eigenvalue weighted by atomic mass is 32.2. The molecule has 0 saturated carbocycles. The number of fused-ring (bicyclic) bond motifs is 1. The highest BCUT2D eigenvalue weighted by molar-refractivity contribution is 7.89. The molecule has 158 valence electrons. The summed E-state index contributed by atoms with van der Waals surface area (Å²) in [5.74, 6) is 0.350. The van der Waals surface area contributed by atoms with E-state index in [2.05, 4.69) is 26.3 Å². The van der Waals surface area contributed by atoms with Gasteiger partial charge in [0.25, 0.3) is 0 Å². The molecule has 0 bridgehead atoms. The van der Waals surface area contributed by atoms with E-state index in [1.165, 1.54) is 9.21 Å². The standard InChI is InChI=1S/C22H31N3O3S/c1-17(16-24(2)3)15-23-22(26)19-10-12-25(13-11-19)29(27,28)21-9-8-18-6-4-5-7-20(18)14-21/h4-9,14,17,19H,10-13,15-16H2,1-3H3,(H,23,26)/p+1/t17-/m1/s1. The molecular formula is C22H32N3O3S+. The van der Waals surface area contributed by atoms with Gasteiger partial charge in [0.05, 0.1) is 25.5 Å². The number of nitrogens with zero attached hydrogens (tertiary/aromatic N) is 1. The fraction of sp³-hybridized carbons (Fsp3) is 0.500. The second-order valence-corrected chi connectivity index (χ2v) is 10.4. The molecule has 6 nitrogen and oxygen atoms in total. The summed E-state index contributed by atoms with van der Waals surface area (Å²) in [6.07, 6.45) is 1.12. The van der Waals surface area contributed by atoms with Gasteiger partial charge < -0.3 is 10.2 Å². The number of rotatable bonds is 7. The molecule has 0 spiro atoms. The zero-order valence-electron chi connectivity index (χ0n) is 17.5. The predicted octanol–water partition coefficient (Wildman–Crippen LogP) is 1.14. The summed E-state index contributed by atoms with van der Waals surface area (Å²) in [5, 5.41) is 4.98. The first-order chi connectivity index (χ1) is 13.8. The summed E-state index contributed by atoms with van der Waals surface area (Å²) in [7, 11) is 0.659. The minimum atomic E-state index is -3.54. The Morgan fingerprint density at radius 3 is 2.45 bits per heavy atom. The zero-order chi connectivity index (χ0) is 21.0. The van der Waals surface area contributed by atoms with Crippen molar-refractivity contribution in [1.29, 1.82) is 0 Å². The zero-order valence-corrected chi connectivity index (χ0v) is 18.3. The van der Waals surface area contributed by atoms with Crippen molar-refractivity contribution < 1.29 is 18.1 Å². The van der Waals surface area contributed by atoms with Gasteiger partial charge in [-0.05, 0) is 35.7 Å². The van der Waals surface area contributed by atoms with E-state index in [4.69, 9.17) is 0 Å². The van der Waals surface area contributed by atoms with Crippen molar-refractivity contribution in [1.82, 2.24) is 9.62 Å². The lowest BCUT2D eigenvalue weighted by molar-refractivity contribution is -0.861. The number of hydrogen-bond donors (Lipinski definition) is 2. The maximum Gasteiger partial charge on any atom is 0.243 e. The molecule has 0 aromatic heterocycles. The maximum absolute atomic E-state index is 13.0. The van der Waals surface area contributed by atoms with Gasteiger partial charge in [-0.2, -0.15) is 4.31 Å². The lowest BCUT2D eigenvalue weighted by atomic mass is 9.97. The molecule has 1 atom stereocenters. The Morgan fingerprint density at radius 1 is 1.14 bits per heavy atom. The van der Waals surface area contributed by atoms with Gasteiger partial charge in [0.1, 0.15) is 0 Å². The number of quaternary nitrogens is 1. The van der Waals surface area contributed by atoms with Crippen molar-refractivity contribution in [3.8, 4) is 0 Å². The molecule has 0 aliphatic carbocycles. The van der Waals surface area contributed by atoms with Crippen LogP contribution in [0.25, 0.3) is 10.8 Å². The Bertz CT molecular complexity index is 951. The third-order valence-electron chi connectivity index (χ3n) is 5.56. The monoisotopic (exact) mass is 418 g/mol. The molecule has 1 aliphatic heterocycles. The van der Waals surface area contributed by atoms with Crippen LogP contribution >= 0.6 is 0 Å². The third-order valence-corrected chi connectivity index (χ3v) is 7.46. The second kappa shape index (κ2) is 9.24. The molecule has 1 amide bonds. The van der Waals surface area contributed by atoms with Gasteiger partial charge in [-0.25, -0.2) is 8.42 Å². The van der Waals surface area contributed by atoms with E-state index in [0.29, 0.717) is 43.3 Å². The van der Waals surface area contributed by atoms with E-state index in [-0.39, 0.29) is 11.8 Å². The number of amides is 1. The van der Waals surface area contributed by atoms with E-state index in [9.17, 15) is 13.2 Å². The van der Waals surface area contributed by atoms with Crippen LogP contribution in [-0.2, 0) is 14.8 Å². The lowest BCUT2D eigenvalue weighted by Crippen LogP contribution is -3.06. The molecule has 1 fully saturated rings. The summed E-state index contributed by atoms with van der Waals surface area (Å²) >= 11 is 0. The topological polar surface area (TPSA) is 70.9 Å². The van der Waals surface area contributed by atoms with Crippen molar-refractivity contribution in [3.63, 3.8) is 0 Å².